The maximum absolute atomic E-state index is 12.2. The van der Waals surface area contributed by atoms with Gasteiger partial charge in [-0.1, -0.05) is 0 Å². The Balaban J connectivity index is 2.56. The van der Waals surface area contributed by atoms with Crippen molar-refractivity contribution in [2.24, 2.45) is 0 Å². The lowest BCUT2D eigenvalue weighted by Crippen LogP contribution is -1.99. The van der Waals surface area contributed by atoms with Crippen molar-refractivity contribution >= 4 is 22.8 Å². The Hall–Kier alpha value is -1.37. The molecule has 0 atom stereocenters. The molecule has 0 amide bonds. The largest absolute Gasteiger partial charge is 0.507 e. The van der Waals surface area contributed by atoms with E-state index < -0.39 is 11.3 Å². The number of halogens is 3. The van der Waals surface area contributed by atoms with Crippen LogP contribution in [0.4, 0.5) is 13.2 Å². The summed E-state index contributed by atoms with van der Waals surface area (Å²) in [6.07, 6.45) is 1.28. The van der Waals surface area contributed by atoms with E-state index in [4.69, 9.17) is 0 Å². The Labute approximate surface area is 86.3 Å². The molecule has 0 aliphatic carbocycles. The highest BCUT2D eigenvalue weighted by atomic mass is 32.2. The van der Waals surface area contributed by atoms with Crippen LogP contribution in [-0.4, -0.2) is 20.6 Å². The number of benzene rings is 1. The molecule has 0 fully saturated rings. The zero-order valence-electron chi connectivity index (χ0n) is 7.17. The van der Waals surface area contributed by atoms with Crippen molar-refractivity contribution in [2.75, 3.05) is 0 Å². The van der Waals surface area contributed by atoms with Crippen LogP contribution in [0.5, 0.6) is 5.75 Å². The van der Waals surface area contributed by atoms with E-state index in [1.807, 2.05) is 0 Å². The molecule has 1 aromatic carbocycles. The van der Waals surface area contributed by atoms with Crippen LogP contribution in [0.3, 0.4) is 0 Å². The lowest BCUT2D eigenvalue weighted by Gasteiger charge is -2.07. The van der Waals surface area contributed by atoms with Crippen molar-refractivity contribution in [3.05, 3.63) is 18.5 Å². The fourth-order valence-electron chi connectivity index (χ4n) is 1.19. The number of nitrogens with zero attached hydrogens (tertiary/aromatic N) is 1. The first-order valence-corrected chi connectivity index (χ1v) is 4.70. The molecular formula is C8H5F3N2OS. The minimum Gasteiger partial charge on any atom is -0.507 e. The molecule has 15 heavy (non-hydrogen) atoms. The van der Waals surface area contributed by atoms with Gasteiger partial charge in [-0.15, -0.1) is 0 Å². The number of rotatable bonds is 1. The summed E-state index contributed by atoms with van der Waals surface area (Å²) in [6, 6.07) is 2.67. The van der Waals surface area contributed by atoms with Crippen molar-refractivity contribution in [1.82, 2.24) is 9.97 Å². The summed E-state index contributed by atoms with van der Waals surface area (Å²) < 4.78 is 36.5. The van der Waals surface area contributed by atoms with Crippen LogP contribution in [0, 0.1) is 0 Å². The Bertz CT molecular complexity index is 494. The molecular weight excluding hydrogens is 229 g/mol. The molecule has 80 valence electrons. The molecule has 3 nitrogen and oxygen atoms in total. The van der Waals surface area contributed by atoms with E-state index in [0.717, 1.165) is 0 Å². The molecule has 7 heteroatoms. The van der Waals surface area contributed by atoms with Crippen molar-refractivity contribution in [1.29, 1.82) is 0 Å². The first kappa shape index (κ1) is 10.2. The molecule has 0 aliphatic heterocycles. The summed E-state index contributed by atoms with van der Waals surface area (Å²) in [4.78, 5) is 6.12. The molecule has 0 saturated heterocycles. The van der Waals surface area contributed by atoms with Gasteiger partial charge in [0.2, 0.25) is 0 Å². The second kappa shape index (κ2) is 3.34. The summed E-state index contributed by atoms with van der Waals surface area (Å²) in [5, 5.41) is 9.32. The van der Waals surface area contributed by atoms with Gasteiger partial charge in [0.1, 0.15) is 11.3 Å². The molecule has 2 rings (SSSR count). The number of aromatic hydroxyl groups is 1. The van der Waals surface area contributed by atoms with Crippen molar-refractivity contribution in [3.63, 3.8) is 0 Å². The van der Waals surface area contributed by atoms with Crippen molar-refractivity contribution < 1.29 is 18.3 Å². The zero-order valence-corrected chi connectivity index (χ0v) is 7.99. The van der Waals surface area contributed by atoms with Crippen LogP contribution in [0.15, 0.2) is 23.4 Å². The van der Waals surface area contributed by atoms with Gasteiger partial charge in [-0.2, -0.15) is 13.2 Å². The quantitative estimate of drug-likeness (QED) is 0.746. The number of aromatic nitrogens is 2. The summed E-state index contributed by atoms with van der Waals surface area (Å²) >= 11 is -0.371. The third-order valence-corrected chi connectivity index (χ3v) is 2.58. The first-order chi connectivity index (χ1) is 6.97. The highest BCUT2D eigenvalue weighted by molar-refractivity contribution is 8.00. The van der Waals surface area contributed by atoms with E-state index in [9.17, 15) is 18.3 Å². The molecule has 1 aromatic heterocycles. The number of fused-ring (bicyclic) bond motifs is 1. The highest BCUT2D eigenvalue weighted by Crippen LogP contribution is 2.43. The van der Waals surface area contributed by atoms with Gasteiger partial charge in [0.25, 0.3) is 0 Å². The molecule has 0 unspecified atom stereocenters. The minimum atomic E-state index is -4.44. The zero-order chi connectivity index (χ0) is 11.1. The number of phenols is 1. The topological polar surface area (TPSA) is 48.9 Å². The fraction of sp³-hybridized carbons (Fsp3) is 0.125. The van der Waals surface area contributed by atoms with E-state index in [0.29, 0.717) is 5.52 Å². The summed E-state index contributed by atoms with van der Waals surface area (Å²) in [5.74, 6) is -0.420. The number of hydrogen-bond acceptors (Lipinski definition) is 3. The number of alkyl halides is 3. The Morgan fingerprint density at radius 2 is 2.07 bits per heavy atom. The maximum atomic E-state index is 12.2. The predicted molar refractivity (Wildman–Crippen MR) is 49.7 cm³/mol. The summed E-state index contributed by atoms with van der Waals surface area (Å²) in [6.45, 7) is 0. The average molecular weight is 234 g/mol. The second-order valence-electron chi connectivity index (χ2n) is 2.76. The van der Waals surface area contributed by atoms with Gasteiger partial charge >= 0.3 is 5.51 Å². The van der Waals surface area contributed by atoms with Crippen LogP contribution in [0.2, 0.25) is 0 Å². The Morgan fingerprint density at radius 3 is 2.73 bits per heavy atom. The monoisotopic (exact) mass is 234 g/mol. The van der Waals surface area contributed by atoms with Crippen LogP contribution >= 0.6 is 11.8 Å². The van der Waals surface area contributed by atoms with Crippen molar-refractivity contribution in [3.8, 4) is 5.75 Å². The van der Waals surface area contributed by atoms with Gasteiger partial charge in [0, 0.05) is 0 Å². The van der Waals surface area contributed by atoms with Gasteiger partial charge in [-0.05, 0) is 23.9 Å². The maximum Gasteiger partial charge on any atom is 0.446 e. The van der Waals surface area contributed by atoms with Crippen molar-refractivity contribution in [2.45, 2.75) is 10.4 Å². The summed E-state index contributed by atoms with van der Waals surface area (Å²) in [5.41, 5.74) is -3.86. The number of aromatic amines is 1. The van der Waals surface area contributed by atoms with Gasteiger partial charge in [0.15, 0.2) is 0 Å². The SMILES string of the molecule is Oc1ccc2[nH]cnc2c1SC(F)(F)F. The molecule has 2 N–H and O–H groups in total. The first-order valence-electron chi connectivity index (χ1n) is 3.88. The van der Waals surface area contributed by atoms with Crippen LogP contribution < -0.4 is 0 Å². The minimum absolute atomic E-state index is 0.123. The number of imidazole rings is 1. The smallest absolute Gasteiger partial charge is 0.446 e. The lowest BCUT2D eigenvalue weighted by molar-refractivity contribution is -0.0328. The van der Waals surface area contributed by atoms with E-state index in [1.54, 1.807) is 0 Å². The van der Waals surface area contributed by atoms with E-state index >= 15 is 0 Å². The molecule has 0 aliphatic rings. The number of phenolic OH excluding ortho intramolecular Hbond substituents is 1. The average Bonchev–Trinajstić information content (AvgIpc) is 2.56. The third-order valence-electron chi connectivity index (χ3n) is 1.74. The lowest BCUT2D eigenvalue weighted by atomic mass is 10.3. The summed E-state index contributed by atoms with van der Waals surface area (Å²) in [7, 11) is 0. The molecule has 2 aromatic rings. The number of nitrogens with one attached hydrogen (secondary N) is 1. The van der Waals surface area contributed by atoms with Crippen LogP contribution in [0.25, 0.3) is 11.0 Å². The molecule has 0 saturated carbocycles. The van der Waals surface area contributed by atoms with Crippen LogP contribution in [-0.2, 0) is 0 Å². The van der Waals surface area contributed by atoms with Gasteiger partial charge in [-0.25, -0.2) is 4.98 Å². The number of H-pyrrole nitrogens is 1. The molecule has 0 radical (unpaired) electrons. The predicted octanol–water partition coefficient (Wildman–Crippen LogP) is 2.88. The third kappa shape index (κ3) is 2.01. The Kier molecular flexibility index (Phi) is 2.26. The normalized spacial score (nSPS) is 12.2. The number of thioether (sulfide) groups is 1. The fourth-order valence-corrected chi connectivity index (χ4v) is 1.85. The van der Waals surface area contributed by atoms with E-state index in [-0.39, 0.29) is 22.2 Å². The second-order valence-corrected chi connectivity index (χ2v) is 3.84. The molecule has 1 heterocycles. The van der Waals surface area contributed by atoms with Gasteiger partial charge in [-0.3, -0.25) is 0 Å². The van der Waals surface area contributed by atoms with Gasteiger partial charge < -0.3 is 10.1 Å². The van der Waals surface area contributed by atoms with Gasteiger partial charge in [0.05, 0.1) is 16.7 Å². The Morgan fingerprint density at radius 1 is 1.33 bits per heavy atom. The molecule has 0 spiro atoms. The number of hydrogen-bond donors (Lipinski definition) is 2. The molecule has 0 bridgehead atoms. The van der Waals surface area contributed by atoms with E-state index in [1.165, 1.54) is 18.5 Å². The highest BCUT2D eigenvalue weighted by Gasteiger charge is 2.32. The van der Waals surface area contributed by atoms with Crippen LogP contribution in [0.1, 0.15) is 0 Å². The van der Waals surface area contributed by atoms with E-state index in [2.05, 4.69) is 9.97 Å². The standard InChI is InChI=1S/C8H5F3N2OS/c9-8(10,11)15-7-5(14)2-1-4-6(7)13-3-12-4/h1-3,14H,(H,12,13).